The van der Waals surface area contributed by atoms with Gasteiger partial charge in [-0.25, -0.2) is 4.39 Å². The fourth-order valence-electron chi connectivity index (χ4n) is 1.76. The number of halogens is 2. The van der Waals surface area contributed by atoms with Crippen LogP contribution < -0.4 is 11.1 Å². The highest BCUT2D eigenvalue weighted by atomic mass is 79.9. The molecule has 0 atom stereocenters. The van der Waals surface area contributed by atoms with E-state index in [4.69, 9.17) is 18.0 Å². The molecule has 0 bridgehead atoms. The Bertz CT molecular complexity index is 503. The van der Waals surface area contributed by atoms with Crippen LogP contribution in [0.25, 0.3) is 0 Å². The van der Waals surface area contributed by atoms with E-state index < -0.39 is 11.4 Å². The predicted molar refractivity (Wildman–Crippen MR) is 81.7 cm³/mol. The van der Waals surface area contributed by atoms with Gasteiger partial charge in [0.2, 0.25) is 0 Å². The van der Waals surface area contributed by atoms with Gasteiger partial charge in [0.1, 0.15) is 5.82 Å². The lowest BCUT2D eigenvalue weighted by atomic mass is 9.92. The molecule has 0 aliphatic carbocycles. The minimum absolute atomic E-state index is 0.245. The van der Waals surface area contributed by atoms with E-state index in [0.29, 0.717) is 18.4 Å². The van der Waals surface area contributed by atoms with Crippen LogP contribution in [0.15, 0.2) is 22.7 Å². The van der Waals surface area contributed by atoms with Crippen molar-refractivity contribution in [3.63, 3.8) is 0 Å². The number of hydrogen-bond donors (Lipinski definition) is 2. The van der Waals surface area contributed by atoms with Gasteiger partial charge in [0.15, 0.2) is 0 Å². The second kappa shape index (κ2) is 6.43. The summed E-state index contributed by atoms with van der Waals surface area (Å²) in [6.07, 6.45) is 1.21. The summed E-state index contributed by atoms with van der Waals surface area (Å²) in [5.74, 6) is -0.736. The number of nitrogens with two attached hydrogens (primary N) is 1. The smallest absolute Gasteiger partial charge is 0.252 e. The van der Waals surface area contributed by atoms with Crippen molar-refractivity contribution in [3.8, 4) is 0 Å². The lowest BCUT2D eigenvalue weighted by Gasteiger charge is -2.31. The van der Waals surface area contributed by atoms with Gasteiger partial charge in [-0.3, -0.25) is 4.79 Å². The van der Waals surface area contributed by atoms with Crippen molar-refractivity contribution >= 4 is 39.0 Å². The summed E-state index contributed by atoms with van der Waals surface area (Å²) < 4.78 is 13.4. The molecule has 3 nitrogen and oxygen atoms in total. The Morgan fingerprint density at radius 2 is 2.05 bits per heavy atom. The number of nitrogens with one attached hydrogen (secondary N) is 1. The van der Waals surface area contributed by atoms with Crippen molar-refractivity contribution in [3.05, 3.63) is 34.1 Å². The van der Waals surface area contributed by atoms with Gasteiger partial charge in [-0.1, -0.05) is 26.1 Å². The maximum atomic E-state index is 13.1. The molecule has 1 rings (SSSR count). The summed E-state index contributed by atoms with van der Waals surface area (Å²) in [5.41, 5.74) is 5.38. The van der Waals surface area contributed by atoms with Gasteiger partial charge in [-0.05, 0) is 47.0 Å². The second-order valence-corrected chi connectivity index (χ2v) is 5.53. The first-order valence-electron chi connectivity index (χ1n) is 5.93. The first-order valence-corrected chi connectivity index (χ1v) is 7.14. The van der Waals surface area contributed by atoms with Gasteiger partial charge < -0.3 is 11.1 Å². The fourth-order valence-corrected chi connectivity index (χ4v) is 2.48. The molecule has 6 heteroatoms. The molecule has 0 spiro atoms. The molecular formula is C13H16BrFN2OS. The monoisotopic (exact) mass is 346 g/mol. The Morgan fingerprint density at radius 3 is 2.47 bits per heavy atom. The number of carbonyl (C=O) groups is 1. The van der Waals surface area contributed by atoms with Gasteiger partial charge in [-0.2, -0.15) is 0 Å². The van der Waals surface area contributed by atoms with E-state index in [1.807, 2.05) is 13.8 Å². The number of hydrogen-bond acceptors (Lipinski definition) is 2. The molecule has 1 aromatic rings. The van der Waals surface area contributed by atoms with Crippen LogP contribution in [0.4, 0.5) is 4.39 Å². The molecule has 0 saturated heterocycles. The number of thiocarbonyl (C=S) groups is 1. The average Bonchev–Trinajstić information content (AvgIpc) is 2.38. The zero-order chi connectivity index (χ0) is 14.6. The highest BCUT2D eigenvalue weighted by molar-refractivity contribution is 9.10. The van der Waals surface area contributed by atoms with Gasteiger partial charge in [-0.15, -0.1) is 0 Å². The molecular weight excluding hydrogens is 331 g/mol. The summed E-state index contributed by atoms with van der Waals surface area (Å²) in [6.45, 7) is 3.81. The fraction of sp³-hybridized carbons (Fsp3) is 0.385. The van der Waals surface area contributed by atoms with Crippen molar-refractivity contribution in [2.24, 2.45) is 5.73 Å². The molecule has 0 aliphatic heterocycles. The zero-order valence-electron chi connectivity index (χ0n) is 10.8. The van der Waals surface area contributed by atoms with Crippen molar-refractivity contribution < 1.29 is 9.18 Å². The Hall–Kier alpha value is -1.01. The van der Waals surface area contributed by atoms with Crippen LogP contribution in [-0.2, 0) is 0 Å². The topological polar surface area (TPSA) is 55.1 Å². The van der Waals surface area contributed by atoms with E-state index in [9.17, 15) is 9.18 Å². The molecule has 0 unspecified atom stereocenters. The molecule has 0 aliphatic rings. The van der Waals surface area contributed by atoms with Crippen molar-refractivity contribution in [1.82, 2.24) is 5.32 Å². The molecule has 104 valence electrons. The van der Waals surface area contributed by atoms with E-state index >= 15 is 0 Å². The number of benzene rings is 1. The third-order valence-corrected chi connectivity index (χ3v) is 4.21. The third kappa shape index (κ3) is 3.51. The molecule has 0 radical (unpaired) electrons. The minimum atomic E-state index is -0.701. The van der Waals surface area contributed by atoms with Gasteiger partial charge >= 0.3 is 0 Å². The molecule has 0 heterocycles. The van der Waals surface area contributed by atoms with E-state index in [-0.39, 0.29) is 15.4 Å². The number of amides is 1. The first kappa shape index (κ1) is 16.0. The highest BCUT2D eigenvalue weighted by Gasteiger charge is 2.31. The van der Waals surface area contributed by atoms with Gasteiger partial charge in [0.25, 0.3) is 5.91 Å². The van der Waals surface area contributed by atoms with Crippen molar-refractivity contribution in [1.29, 1.82) is 0 Å². The van der Waals surface area contributed by atoms with Crippen LogP contribution in [0, 0.1) is 5.82 Å². The van der Waals surface area contributed by atoms with E-state index in [0.717, 1.165) is 0 Å². The summed E-state index contributed by atoms with van der Waals surface area (Å²) in [5, 5.41) is 2.84. The van der Waals surface area contributed by atoms with Crippen LogP contribution in [0.2, 0.25) is 0 Å². The van der Waals surface area contributed by atoms with Gasteiger partial charge in [0, 0.05) is 5.56 Å². The largest absolute Gasteiger partial charge is 0.391 e. The Labute approximate surface area is 125 Å². The normalized spacial score (nSPS) is 11.2. The molecule has 3 N–H and O–H groups in total. The second-order valence-electron chi connectivity index (χ2n) is 4.24. The maximum Gasteiger partial charge on any atom is 0.252 e. The SMILES string of the molecule is CCC(CC)(NC(=O)c1ccc(F)c(Br)c1)C(N)=S. The molecule has 0 aromatic heterocycles. The number of rotatable bonds is 5. The lowest BCUT2D eigenvalue weighted by molar-refractivity contribution is 0.0919. The van der Waals surface area contributed by atoms with Crippen molar-refractivity contribution in [2.45, 2.75) is 32.2 Å². The highest BCUT2D eigenvalue weighted by Crippen LogP contribution is 2.20. The molecule has 1 amide bonds. The molecule has 0 saturated carbocycles. The summed E-state index contributed by atoms with van der Waals surface area (Å²) in [6, 6.07) is 4.09. The zero-order valence-corrected chi connectivity index (χ0v) is 13.2. The van der Waals surface area contributed by atoms with Crippen LogP contribution >= 0.6 is 28.1 Å². The average molecular weight is 347 g/mol. The summed E-state index contributed by atoms with van der Waals surface area (Å²) in [7, 11) is 0. The third-order valence-electron chi connectivity index (χ3n) is 3.21. The Kier molecular flexibility index (Phi) is 5.43. The van der Waals surface area contributed by atoms with E-state index in [2.05, 4.69) is 21.2 Å². The van der Waals surface area contributed by atoms with Gasteiger partial charge in [0.05, 0.1) is 15.0 Å². The quantitative estimate of drug-likeness (QED) is 0.805. The molecule has 19 heavy (non-hydrogen) atoms. The standard InChI is InChI=1S/C13H16BrFN2OS/c1-3-13(4-2,12(16)19)17-11(18)8-5-6-10(15)9(14)7-8/h5-7H,3-4H2,1-2H3,(H2,16,19)(H,17,18). The summed E-state index contributed by atoms with van der Waals surface area (Å²) in [4.78, 5) is 12.4. The maximum absolute atomic E-state index is 13.1. The molecule has 1 aromatic carbocycles. The predicted octanol–water partition coefficient (Wildman–Crippen LogP) is 3.16. The molecule has 0 fully saturated rings. The lowest BCUT2D eigenvalue weighted by Crippen LogP contribution is -2.55. The first-order chi connectivity index (χ1) is 8.86. The van der Waals surface area contributed by atoms with Crippen LogP contribution in [-0.4, -0.2) is 16.4 Å². The van der Waals surface area contributed by atoms with Crippen LogP contribution in [0.5, 0.6) is 0 Å². The Morgan fingerprint density at radius 1 is 1.47 bits per heavy atom. The van der Waals surface area contributed by atoms with E-state index in [1.54, 1.807) is 0 Å². The van der Waals surface area contributed by atoms with E-state index in [1.165, 1.54) is 18.2 Å². The van der Waals surface area contributed by atoms with Crippen LogP contribution in [0.1, 0.15) is 37.0 Å². The van der Waals surface area contributed by atoms with Crippen LogP contribution in [0.3, 0.4) is 0 Å². The summed E-state index contributed by atoms with van der Waals surface area (Å²) >= 11 is 8.09. The minimum Gasteiger partial charge on any atom is -0.391 e. The Balaban J connectivity index is 3.00. The number of carbonyl (C=O) groups excluding carboxylic acids is 1. The van der Waals surface area contributed by atoms with Crippen molar-refractivity contribution in [2.75, 3.05) is 0 Å².